The average molecular weight is 485 g/mol. The minimum absolute atomic E-state index is 0.114. The molecule has 178 valence electrons. The van der Waals surface area contributed by atoms with E-state index in [1.165, 1.54) is 11.0 Å². The monoisotopic (exact) mass is 484 g/mol. The van der Waals surface area contributed by atoms with Crippen LogP contribution in [0.1, 0.15) is 25.0 Å². The molecule has 34 heavy (non-hydrogen) atoms. The van der Waals surface area contributed by atoms with E-state index in [4.69, 9.17) is 16.3 Å². The van der Waals surface area contributed by atoms with Crippen LogP contribution >= 0.6 is 11.6 Å². The number of anilines is 1. The van der Waals surface area contributed by atoms with Crippen LogP contribution in [0.4, 0.5) is 10.2 Å². The van der Waals surface area contributed by atoms with Crippen LogP contribution in [0.25, 0.3) is 11.3 Å². The second-order valence-electron chi connectivity index (χ2n) is 8.46. The largest absolute Gasteiger partial charge is 0.488 e. The molecule has 2 amide bonds. The summed E-state index contributed by atoms with van der Waals surface area (Å²) in [6.45, 7) is 4.22. The number of benzene rings is 2. The van der Waals surface area contributed by atoms with Gasteiger partial charge in [-0.25, -0.2) is 4.39 Å². The van der Waals surface area contributed by atoms with Gasteiger partial charge >= 0.3 is 0 Å². The molecule has 2 heterocycles. The fourth-order valence-electron chi connectivity index (χ4n) is 3.95. The van der Waals surface area contributed by atoms with Gasteiger partial charge in [-0.3, -0.25) is 19.2 Å². The highest BCUT2D eigenvalue weighted by Gasteiger charge is 2.31. The zero-order valence-corrected chi connectivity index (χ0v) is 20.0. The van der Waals surface area contributed by atoms with Gasteiger partial charge in [0, 0.05) is 36.6 Å². The number of amides is 2. The molecule has 1 aliphatic rings. The minimum atomic E-state index is -0.445. The SMILES string of the molecule is CC(C)C(=O)NCCN(C(=O)Cc1ccccc1F)c1nn(C)c2c1COc1ccc(Cl)cc1-2. The van der Waals surface area contributed by atoms with Crippen molar-refractivity contribution in [2.45, 2.75) is 26.9 Å². The smallest absolute Gasteiger partial charge is 0.232 e. The van der Waals surface area contributed by atoms with Crippen molar-refractivity contribution in [1.29, 1.82) is 0 Å². The summed E-state index contributed by atoms with van der Waals surface area (Å²) in [6, 6.07) is 11.5. The molecule has 0 unspecified atom stereocenters. The molecule has 1 aromatic heterocycles. The Morgan fingerprint density at radius 2 is 2.03 bits per heavy atom. The van der Waals surface area contributed by atoms with E-state index in [0.29, 0.717) is 22.2 Å². The predicted octanol–water partition coefficient (Wildman–Crippen LogP) is 4.12. The quantitative estimate of drug-likeness (QED) is 0.547. The van der Waals surface area contributed by atoms with E-state index in [2.05, 4.69) is 10.4 Å². The van der Waals surface area contributed by atoms with Gasteiger partial charge in [-0.1, -0.05) is 43.6 Å². The second-order valence-corrected chi connectivity index (χ2v) is 8.90. The molecule has 1 N–H and O–H groups in total. The van der Waals surface area contributed by atoms with E-state index in [1.807, 2.05) is 0 Å². The first-order valence-electron chi connectivity index (χ1n) is 11.1. The maximum Gasteiger partial charge on any atom is 0.232 e. The molecule has 7 nitrogen and oxygen atoms in total. The summed E-state index contributed by atoms with van der Waals surface area (Å²) in [5.74, 6) is 0.0278. The van der Waals surface area contributed by atoms with Crippen LogP contribution in [0.2, 0.25) is 5.02 Å². The van der Waals surface area contributed by atoms with E-state index in [-0.39, 0.29) is 43.8 Å². The molecule has 0 bridgehead atoms. The van der Waals surface area contributed by atoms with Crippen molar-refractivity contribution in [3.05, 3.63) is 64.4 Å². The van der Waals surface area contributed by atoms with Gasteiger partial charge in [-0.05, 0) is 29.8 Å². The lowest BCUT2D eigenvalue weighted by Crippen LogP contribution is -2.41. The van der Waals surface area contributed by atoms with Crippen molar-refractivity contribution in [3.63, 3.8) is 0 Å². The van der Waals surface area contributed by atoms with Crippen LogP contribution in [0.3, 0.4) is 0 Å². The number of nitrogens with zero attached hydrogens (tertiary/aromatic N) is 3. The standard InChI is InChI=1S/C25H26ClFN4O3/c1-15(2)25(33)28-10-11-31(22(32)12-16-6-4-5-7-20(16)27)24-19-14-34-21-9-8-17(26)13-18(21)23(19)30(3)29-24/h4-9,13,15H,10-12,14H2,1-3H3,(H,28,33). The third-order valence-corrected chi connectivity index (χ3v) is 5.94. The summed E-state index contributed by atoms with van der Waals surface area (Å²) in [7, 11) is 1.79. The fraction of sp³-hybridized carbons (Fsp3) is 0.320. The van der Waals surface area contributed by atoms with Gasteiger partial charge < -0.3 is 10.1 Å². The van der Waals surface area contributed by atoms with Gasteiger partial charge in [-0.2, -0.15) is 5.10 Å². The van der Waals surface area contributed by atoms with Gasteiger partial charge in [0.2, 0.25) is 11.8 Å². The molecular formula is C25H26ClFN4O3. The van der Waals surface area contributed by atoms with E-state index < -0.39 is 5.82 Å². The summed E-state index contributed by atoms with van der Waals surface area (Å²) < 4.78 is 21.9. The lowest BCUT2D eigenvalue weighted by atomic mass is 10.0. The van der Waals surface area contributed by atoms with Crippen LogP contribution in [0.5, 0.6) is 5.75 Å². The molecular weight excluding hydrogens is 459 g/mol. The van der Waals surface area contributed by atoms with Crippen LogP contribution in [-0.4, -0.2) is 34.7 Å². The molecule has 1 aliphatic heterocycles. The van der Waals surface area contributed by atoms with Crippen LogP contribution in [0.15, 0.2) is 42.5 Å². The highest BCUT2D eigenvalue weighted by Crippen LogP contribution is 2.42. The number of aromatic nitrogens is 2. The number of nitrogens with one attached hydrogen (secondary N) is 1. The molecule has 0 saturated heterocycles. The zero-order chi connectivity index (χ0) is 24.4. The van der Waals surface area contributed by atoms with Crippen LogP contribution in [-0.2, 0) is 29.7 Å². The number of carbonyl (C=O) groups is 2. The van der Waals surface area contributed by atoms with Gasteiger partial charge in [0.1, 0.15) is 18.2 Å². The molecule has 0 fully saturated rings. The fourth-order valence-corrected chi connectivity index (χ4v) is 4.12. The lowest BCUT2D eigenvalue weighted by molar-refractivity contribution is -0.124. The summed E-state index contributed by atoms with van der Waals surface area (Å²) in [5.41, 5.74) is 2.61. The maximum atomic E-state index is 14.3. The molecule has 9 heteroatoms. The van der Waals surface area contributed by atoms with E-state index in [0.717, 1.165) is 16.8 Å². The van der Waals surface area contributed by atoms with Gasteiger partial charge in [-0.15, -0.1) is 0 Å². The summed E-state index contributed by atoms with van der Waals surface area (Å²) >= 11 is 6.22. The first-order chi connectivity index (χ1) is 16.3. The number of fused-ring (bicyclic) bond motifs is 3. The predicted molar refractivity (Wildman–Crippen MR) is 128 cm³/mol. The Bertz CT molecular complexity index is 1240. The zero-order valence-electron chi connectivity index (χ0n) is 19.3. The normalized spacial score (nSPS) is 12.1. The van der Waals surface area contributed by atoms with Crippen molar-refractivity contribution in [1.82, 2.24) is 15.1 Å². The molecule has 0 saturated carbocycles. The Morgan fingerprint density at radius 1 is 1.26 bits per heavy atom. The van der Waals surface area contributed by atoms with Crippen LogP contribution < -0.4 is 15.0 Å². The van der Waals surface area contributed by atoms with E-state index in [9.17, 15) is 14.0 Å². The van der Waals surface area contributed by atoms with Crippen molar-refractivity contribution in [3.8, 4) is 17.0 Å². The molecule has 0 aliphatic carbocycles. The van der Waals surface area contributed by atoms with Gasteiger partial charge in [0.05, 0.1) is 17.7 Å². The van der Waals surface area contributed by atoms with Crippen LogP contribution in [0, 0.1) is 11.7 Å². The van der Waals surface area contributed by atoms with Gasteiger partial charge in [0.15, 0.2) is 5.82 Å². The number of ether oxygens (including phenoxy) is 1. The molecule has 2 aromatic carbocycles. The average Bonchev–Trinajstić information content (AvgIpc) is 3.14. The number of carbonyl (C=O) groups excluding carboxylic acids is 2. The van der Waals surface area contributed by atoms with Crippen molar-refractivity contribution in [2.24, 2.45) is 13.0 Å². The molecule has 4 rings (SSSR count). The van der Waals surface area contributed by atoms with E-state index in [1.54, 1.807) is 62.0 Å². The second kappa shape index (κ2) is 9.85. The third kappa shape index (κ3) is 4.77. The van der Waals surface area contributed by atoms with Gasteiger partial charge in [0.25, 0.3) is 0 Å². The molecule has 0 radical (unpaired) electrons. The Kier molecular flexibility index (Phi) is 6.88. The number of aryl methyl sites for hydroxylation is 1. The molecule has 0 spiro atoms. The topological polar surface area (TPSA) is 76.5 Å². The maximum absolute atomic E-state index is 14.3. The number of rotatable bonds is 7. The van der Waals surface area contributed by atoms with Crippen molar-refractivity contribution < 1.29 is 18.7 Å². The van der Waals surface area contributed by atoms with Crippen molar-refractivity contribution in [2.75, 3.05) is 18.0 Å². The lowest BCUT2D eigenvalue weighted by Gasteiger charge is -2.24. The van der Waals surface area contributed by atoms with E-state index >= 15 is 0 Å². The third-order valence-electron chi connectivity index (χ3n) is 5.71. The van der Waals surface area contributed by atoms with Crippen molar-refractivity contribution >= 4 is 29.2 Å². The highest BCUT2D eigenvalue weighted by atomic mass is 35.5. The minimum Gasteiger partial charge on any atom is -0.488 e. The first kappa shape index (κ1) is 23.8. The summed E-state index contributed by atoms with van der Waals surface area (Å²) in [5, 5.41) is 8.02. The Hall–Kier alpha value is -3.39. The molecule has 0 atom stereocenters. The summed E-state index contributed by atoms with van der Waals surface area (Å²) in [4.78, 5) is 27.0. The highest BCUT2D eigenvalue weighted by molar-refractivity contribution is 6.31. The number of hydrogen-bond donors (Lipinski definition) is 1. The Morgan fingerprint density at radius 3 is 2.76 bits per heavy atom. The Labute approximate surface area is 202 Å². The Balaban J connectivity index is 1.69. The molecule has 3 aromatic rings. The first-order valence-corrected chi connectivity index (χ1v) is 11.4. The number of hydrogen-bond acceptors (Lipinski definition) is 4. The summed E-state index contributed by atoms with van der Waals surface area (Å²) in [6.07, 6.45) is -0.139. The number of halogens is 2.